The van der Waals surface area contributed by atoms with Gasteiger partial charge in [-0.25, -0.2) is 14.0 Å². The number of para-hydroxylation sites is 1. The number of rotatable bonds is 8. The number of ether oxygens (including phenoxy) is 3. The monoisotopic (exact) mass is 503 g/mol. The van der Waals surface area contributed by atoms with Gasteiger partial charge in [0.15, 0.2) is 17.7 Å². The van der Waals surface area contributed by atoms with E-state index >= 15 is 0 Å². The molecule has 0 radical (unpaired) electrons. The first-order valence-electron chi connectivity index (χ1n) is 10.6. The lowest BCUT2D eigenvalue weighted by atomic mass is 9.86. The van der Waals surface area contributed by atoms with Crippen LogP contribution in [-0.2, 0) is 38.5 Å². The molecule has 1 aliphatic heterocycles. The van der Waals surface area contributed by atoms with Crippen molar-refractivity contribution in [1.29, 1.82) is 0 Å². The van der Waals surface area contributed by atoms with E-state index in [9.17, 15) is 14.2 Å². The molecule has 0 spiro atoms. The third-order valence-electron chi connectivity index (χ3n) is 5.50. The molecule has 2 N–H and O–H groups in total. The van der Waals surface area contributed by atoms with Gasteiger partial charge in [-0.15, -0.1) is 4.52 Å². The maximum atomic E-state index is 12.4. The van der Waals surface area contributed by atoms with Crippen molar-refractivity contribution in [3.05, 3.63) is 54.5 Å². The summed E-state index contributed by atoms with van der Waals surface area (Å²) in [7, 11) is -2.59. The van der Waals surface area contributed by atoms with Crippen LogP contribution in [-0.4, -0.2) is 51.5 Å². The molecule has 0 saturated carbocycles. The van der Waals surface area contributed by atoms with Gasteiger partial charge in [0.2, 0.25) is 5.60 Å². The Labute approximate surface area is 201 Å². The molecule has 1 aromatic carbocycles. The van der Waals surface area contributed by atoms with E-state index in [2.05, 4.69) is 10.1 Å². The van der Waals surface area contributed by atoms with Crippen molar-refractivity contribution in [3.63, 3.8) is 0 Å². The van der Waals surface area contributed by atoms with E-state index in [4.69, 9.17) is 29.0 Å². The minimum atomic E-state index is -2.59. The average molecular weight is 503 g/mol. The largest absolute Gasteiger partial charge is 0.750 e. The second kappa shape index (κ2) is 9.57. The molecule has 12 nitrogen and oxygen atoms in total. The Balaban J connectivity index is 1.69. The summed E-state index contributed by atoms with van der Waals surface area (Å²) >= 11 is 0. The van der Waals surface area contributed by atoms with Crippen molar-refractivity contribution in [2.24, 2.45) is 0 Å². The van der Waals surface area contributed by atoms with Gasteiger partial charge in [-0.05, 0) is 31.2 Å². The highest BCUT2D eigenvalue weighted by Gasteiger charge is 2.64. The maximum absolute atomic E-state index is 12.4. The third-order valence-corrected chi connectivity index (χ3v) is 6.20. The fourth-order valence-corrected chi connectivity index (χ4v) is 4.78. The van der Waals surface area contributed by atoms with Gasteiger partial charge in [-0.1, -0.05) is 18.2 Å². The van der Waals surface area contributed by atoms with Crippen molar-refractivity contribution in [3.8, 4) is 5.75 Å². The average Bonchev–Trinajstić information content (AvgIpc) is 3.35. The Kier molecular flexibility index (Phi) is 6.70. The van der Waals surface area contributed by atoms with Gasteiger partial charge in [0, 0.05) is 18.4 Å². The molecule has 4 atom stereocenters. The normalized spacial score (nSPS) is 24.2. The Bertz CT molecular complexity index is 1270. The van der Waals surface area contributed by atoms with Crippen LogP contribution in [0.15, 0.2) is 48.8 Å². The highest BCUT2D eigenvalue weighted by molar-refractivity contribution is 7.33. The van der Waals surface area contributed by atoms with Gasteiger partial charge >= 0.3 is 20.2 Å². The molecule has 1 saturated heterocycles. The quantitative estimate of drug-likeness (QED) is 0.356. The number of anilines is 1. The maximum Gasteiger partial charge on any atom is 0.750 e. The Morgan fingerprint density at radius 2 is 1.94 bits per heavy atom. The van der Waals surface area contributed by atoms with Gasteiger partial charge in [0.1, 0.15) is 24.1 Å². The van der Waals surface area contributed by atoms with Gasteiger partial charge in [0.05, 0.1) is 12.3 Å². The number of hydrogen-bond acceptors (Lipinski definition) is 11. The summed E-state index contributed by atoms with van der Waals surface area (Å²) in [5.41, 5.74) is 3.77. The fourth-order valence-electron chi connectivity index (χ4n) is 4.07. The summed E-state index contributed by atoms with van der Waals surface area (Å²) in [4.78, 5) is 28.3. The number of carbonyl (C=O) groups is 2. The first-order chi connectivity index (χ1) is 16.6. The number of nitrogen functional groups attached to an aromatic ring is 1. The minimum absolute atomic E-state index is 0.202. The van der Waals surface area contributed by atoms with E-state index in [1.165, 1.54) is 24.7 Å². The SMILES string of the molecule is CC(=O)O[C@@H]1[C@@](C)(CO[P+](=O)Oc2ccccc2)OC[C@@]1(OC(C)=O)c1ccc2c(N)ncnn12. The zero-order valence-electron chi connectivity index (χ0n) is 19.2. The Hall–Kier alpha value is -3.60. The lowest BCUT2D eigenvalue weighted by Crippen LogP contribution is -2.53. The first-order valence-corrected chi connectivity index (χ1v) is 11.7. The zero-order valence-corrected chi connectivity index (χ0v) is 20.1. The first kappa shape index (κ1) is 24.5. The minimum Gasteiger partial charge on any atom is -0.455 e. The second-order valence-electron chi connectivity index (χ2n) is 8.14. The highest BCUT2D eigenvalue weighted by atomic mass is 31.1. The van der Waals surface area contributed by atoms with Gasteiger partial charge in [-0.2, -0.15) is 5.10 Å². The van der Waals surface area contributed by atoms with Crippen LogP contribution < -0.4 is 10.3 Å². The molecule has 184 valence electrons. The molecule has 0 bridgehead atoms. The lowest BCUT2D eigenvalue weighted by Gasteiger charge is -2.36. The number of nitrogens with two attached hydrogens (primary N) is 1. The molecule has 0 amide bonds. The van der Waals surface area contributed by atoms with Crippen molar-refractivity contribution < 1.29 is 37.4 Å². The number of carbonyl (C=O) groups excluding carboxylic acids is 2. The molecule has 0 aliphatic carbocycles. The van der Waals surface area contributed by atoms with Crippen molar-refractivity contribution in [2.45, 2.75) is 38.1 Å². The van der Waals surface area contributed by atoms with Crippen LogP contribution in [0.2, 0.25) is 0 Å². The van der Waals surface area contributed by atoms with Gasteiger partial charge in [0.25, 0.3) is 0 Å². The molecule has 4 rings (SSSR count). The summed E-state index contributed by atoms with van der Waals surface area (Å²) in [5.74, 6) is -0.739. The number of esters is 2. The molecule has 35 heavy (non-hydrogen) atoms. The Morgan fingerprint density at radius 3 is 2.63 bits per heavy atom. The number of aromatic nitrogens is 3. The van der Waals surface area contributed by atoms with Crippen molar-refractivity contribution >= 4 is 31.5 Å². The van der Waals surface area contributed by atoms with Crippen molar-refractivity contribution in [1.82, 2.24) is 14.6 Å². The fraction of sp³-hybridized carbons (Fsp3) is 0.364. The van der Waals surface area contributed by atoms with E-state index in [1.54, 1.807) is 49.4 Å². The second-order valence-corrected chi connectivity index (χ2v) is 9.02. The lowest BCUT2D eigenvalue weighted by molar-refractivity contribution is -0.186. The van der Waals surface area contributed by atoms with Crippen LogP contribution in [0.25, 0.3) is 5.52 Å². The topological polar surface area (TPSA) is 154 Å². The van der Waals surface area contributed by atoms with Crippen LogP contribution in [0.1, 0.15) is 26.5 Å². The predicted octanol–water partition coefficient (Wildman–Crippen LogP) is 2.54. The standard InChI is InChI=1S/C22H24N4O8P/c1-14(27)32-20-21(3,11-31-35(29)34-16-7-5-4-6-8-16)30-12-22(20,33-15(2)28)18-10-9-17-19(23)24-13-25-26(17)18/h4-10,13,20H,11-12H2,1-3H3,(H2,23,24,25)/q+1/t20-,21-,22-/m1/s1. The van der Waals surface area contributed by atoms with Crippen LogP contribution in [0.5, 0.6) is 5.75 Å². The summed E-state index contributed by atoms with van der Waals surface area (Å²) in [6, 6.07) is 11.8. The smallest absolute Gasteiger partial charge is 0.455 e. The number of benzene rings is 1. The van der Waals surface area contributed by atoms with Crippen LogP contribution >= 0.6 is 8.25 Å². The van der Waals surface area contributed by atoms with Crippen LogP contribution in [0.4, 0.5) is 5.82 Å². The van der Waals surface area contributed by atoms with E-state index in [1.807, 2.05) is 0 Å². The zero-order chi connectivity index (χ0) is 25.2. The third kappa shape index (κ3) is 4.81. The van der Waals surface area contributed by atoms with Crippen molar-refractivity contribution in [2.75, 3.05) is 18.9 Å². The Morgan fingerprint density at radius 1 is 1.20 bits per heavy atom. The molecule has 1 unspecified atom stereocenters. The van der Waals surface area contributed by atoms with E-state index < -0.39 is 37.5 Å². The molecule has 3 heterocycles. The van der Waals surface area contributed by atoms with Gasteiger partial charge in [-0.3, -0.25) is 9.59 Å². The molecule has 13 heteroatoms. The van der Waals surface area contributed by atoms with E-state index in [0.29, 0.717) is 17.0 Å². The number of fused-ring (bicyclic) bond motifs is 1. The highest BCUT2D eigenvalue weighted by Crippen LogP contribution is 2.47. The molecular weight excluding hydrogens is 479 g/mol. The predicted molar refractivity (Wildman–Crippen MR) is 121 cm³/mol. The summed E-state index contributed by atoms with van der Waals surface area (Å²) < 4.78 is 42.1. The number of hydrogen-bond donors (Lipinski definition) is 1. The van der Waals surface area contributed by atoms with Crippen LogP contribution in [0, 0.1) is 0 Å². The molecule has 1 fully saturated rings. The van der Waals surface area contributed by atoms with E-state index in [-0.39, 0.29) is 19.0 Å². The summed E-state index contributed by atoms with van der Waals surface area (Å²) in [6.07, 6.45) is 0.0449. The molecular formula is C22H24N4O8P+. The van der Waals surface area contributed by atoms with Gasteiger partial charge < -0.3 is 19.9 Å². The molecule has 2 aromatic heterocycles. The summed E-state index contributed by atoms with van der Waals surface area (Å²) in [6.45, 7) is 3.51. The van der Waals surface area contributed by atoms with E-state index in [0.717, 1.165) is 0 Å². The number of nitrogens with zero attached hydrogens (tertiary/aromatic N) is 3. The molecule has 3 aromatic rings. The summed E-state index contributed by atoms with van der Waals surface area (Å²) in [5, 5.41) is 4.22. The molecule has 1 aliphatic rings. The van der Waals surface area contributed by atoms with Crippen LogP contribution in [0.3, 0.4) is 0 Å².